The van der Waals surface area contributed by atoms with Crippen LogP contribution in [0.1, 0.15) is 57.4 Å². The van der Waals surface area contributed by atoms with Crippen LogP contribution in [0.3, 0.4) is 0 Å². The Morgan fingerprint density at radius 3 is 2.68 bits per heavy atom. The van der Waals surface area contributed by atoms with Crippen LogP contribution in [0, 0.1) is 5.92 Å². The minimum Gasteiger partial charge on any atom is -0.326 e. The average molecular weight is 343 g/mol. The van der Waals surface area contributed by atoms with Gasteiger partial charge in [0.05, 0.1) is 0 Å². The Balaban J connectivity index is 1.60. The zero-order chi connectivity index (χ0) is 17.9. The molecule has 0 aromatic heterocycles. The molecule has 4 amide bonds. The third-order valence-corrected chi connectivity index (χ3v) is 5.27. The number of carbonyl (C=O) groups is 3. The molecule has 1 aromatic rings. The molecule has 0 radical (unpaired) electrons. The molecule has 2 aliphatic rings. The average Bonchev–Trinajstić information content (AvgIpc) is 2.87. The highest BCUT2D eigenvalue weighted by atomic mass is 16.2. The van der Waals surface area contributed by atoms with E-state index in [0.717, 1.165) is 6.42 Å². The Kier molecular flexibility index (Phi) is 5.06. The Bertz CT molecular complexity index is 682. The Morgan fingerprint density at radius 2 is 2.00 bits per heavy atom. The molecule has 1 aliphatic heterocycles. The lowest BCUT2D eigenvalue weighted by Gasteiger charge is -2.22. The molecule has 2 fully saturated rings. The second-order valence-corrected chi connectivity index (χ2v) is 7.20. The normalized spacial score (nSPS) is 23.9. The van der Waals surface area contributed by atoms with Gasteiger partial charge in [-0.1, -0.05) is 44.2 Å². The van der Waals surface area contributed by atoms with Crippen molar-refractivity contribution >= 4 is 23.5 Å². The van der Waals surface area contributed by atoms with Crippen LogP contribution >= 0.6 is 0 Å². The number of amides is 4. The molecule has 1 aromatic carbocycles. The van der Waals surface area contributed by atoms with Gasteiger partial charge < -0.3 is 10.6 Å². The van der Waals surface area contributed by atoms with Crippen molar-refractivity contribution in [1.29, 1.82) is 0 Å². The summed E-state index contributed by atoms with van der Waals surface area (Å²) in [6, 6.07) is 6.57. The topological polar surface area (TPSA) is 87.3 Å². The van der Waals surface area contributed by atoms with E-state index in [1.54, 1.807) is 31.2 Å². The smallest absolute Gasteiger partial charge is 0.322 e. The molecule has 1 atom stereocenters. The van der Waals surface area contributed by atoms with Gasteiger partial charge in [-0.3, -0.25) is 14.9 Å². The molecule has 134 valence electrons. The van der Waals surface area contributed by atoms with Crippen LogP contribution in [-0.4, -0.2) is 17.8 Å². The molecule has 6 nitrogen and oxygen atoms in total. The number of hydrogen-bond donors (Lipinski definition) is 3. The van der Waals surface area contributed by atoms with E-state index in [9.17, 15) is 14.4 Å². The van der Waals surface area contributed by atoms with E-state index in [1.165, 1.54) is 32.1 Å². The molecular weight excluding hydrogens is 318 g/mol. The maximum atomic E-state index is 12.2. The number of anilines is 1. The van der Waals surface area contributed by atoms with Crippen molar-refractivity contribution in [2.24, 2.45) is 5.92 Å². The first-order valence-electron chi connectivity index (χ1n) is 9.01. The monoisotopic (exact) mass is 343 g/mol. The fraction of sp³-hybridized carbons (Fsp3) is 0.526. The molecule has 1 aliphatic carbocycles. The van der Waals surface area contributed by atoms with E-state index < -0.39 is 17.5 Å². The first-order chi connectivity index (χ1) is 12.0. The van der Waals surface area contributed by atoms with E-state index in [2.05, 4.69) is 16.0 Å². The molecular formula is C19H25N3O3. The molecule has 1 heterocycles. The Hall–Kier alpha value is -2.37. The van der Waals surface area contributed by atoms with Gasteiger partial charge in [0.25, 0.3) is 5.91 Å². The maximum absolute atomic E-state index is 12.2. The van der Waals surface area contributed by atoms with Gasteiger partial charge >= 0.3 is 6.03 Å². The van der Waals surface area contributed by atoms with Crippen LogP contribution < -0.4 is 16.0 Å². The van der Waals surface area contributed by atoms with E-state index in [-0.39, 0.29) is 5.91 Å². The summed E-state index contributed by atoms with van der Waals surface area (Å²) in [7, 11) is 0. The first kappa shape index (κ1) is 17.5. The lowest BCUT2D eigenvalue weighted by Crippen LogP contribution is -2.40. The van der Waals surface area contributed by atoms with Crippen molar-refractivity contribution in [2.45, 2.75) is 57.4 Å². The standard InChI is InChI=1S/C19H25N3O3/c1-19(17(24)21-18(25)22-19)14-8-5-9-15(12-14)20-16(23)11-10-13-6-3-2-4-7-13/h5,8-9,12-13H,2-4,6-7,10-11H2,1H3,(H,20,23)(H2,21,22,24,25)/t19-/m1/s1. The largest absolute Gasteiger partial charge is 0.326 e. The van der Waals surface area contributed by atoms with Gasteiger partial charge in [0.2, 0.25) is 5.91 Å². The van der Waals surface area contributed by atoms with Gasteiger partial charge in [0, 0.05) is 12.1 Å². The van der Waals surface area contributed by atoms with Crippen LogP contribution in [0.15, 0.2) is 24.3 Å². The predicted molar refractivity (Wildman–Crippen MR) is 94.9 cm³/mol. The highest BCUT2D eigenvalue weighted by molar-refractivity contribution is 6.07. The van der Waals surface area contributed by atoms with Gasteiger partial charge in [-0.05, 0) is 37.0 Å². The van der Waals surface area contributed by atoms with Crippen LogP contribution in [0.4, 0.5) is 10.5 Å². The van der Waals surface area contributed by atoms with Gasteiger partial charge in [0.1, 0.15) is 5.54 Å². The van der Waals surface area contributed by atoms with Crippen LogP contribution in [0.25, 0.3) is 0 Å². The quantitative estimate of drug-likeness (QED) is 0.718. The summed E-state index contributed by atoms with van der Waals surface area (Å²) in [5, 5.41) is 7.78. The molecule has 0 unspecified atom stereocenters. The fourth-order valence-corrected chi connectivity index (χ4v) is 3.69. The van der Waals surface area contributed by atoms with E-state index in [1.807, 2.05) is 0 Å². The van der Waals surface area contributed by atoms with Crippen LogP contribution in [0.5, 0.6) is 0 Å². The minimum atomic E-state index is -1.11. The SMILES string of the molecule is C[C@]1(c2cccc(NC(=O)CCC3CCCCC3)c2)NC(=O)NC1=O. The number of urea groups is 1. The summed E-state index contributed by atoms with van der Waals surface area (Å²) in [4.78, 5) is 35.7. The lowest BCUT2D eigenvalue weighted by atomic mass is 9.86. The number of nitrogens with one attached hydrogen (secondary N) is 3. The molecule has 1 saturated heterocycles. The molecule has 6 heteroatoms. The number of rotatable bonds is 5. The molecule has 25 heavy (non-hydrogen) atoms. The molecule has 0 bridgehead atoms. The molecule has 3 N–H and O–H groups in total. The number of benzene rings is 1. The third-order valence-electron chi connectivity index (χ3n) is 5.27. The predicted octanol–water partition coefficient (Wildman–Crippen LogP) is 3.04. The van der Waals surface area contributed by atoms with E-state index in [0.29, 0.717) is 23.6 Å². The van der Waals surface area contributed by atoms with Gasteiger partial charge in [0.15, 0.2) is 0 Å². The van der Waals surface area contributed by atoms with Gasteiger partial charge in [-0.2, -0.15) is 0 Å². The zero-order valence-corrected chi connectivity index (χ0v) is 14.6. The van der Waals surface area contributed by atoms with Crippen molar-refractivity contribution in [1.82, 2.24) is 10.6 Å². The summed E-state index contributed by atoms with van der Waals surface area (Å²) in [5.41, 5.74) is 0.169. The van der Waals surface area contributed by atoms with Crippen molar-refractivity contribution in [3.63, 3.8) is 0 Å². The number of imide groups is 1. The van der Waals surface area contributed by atoms with Crippen molar-refractivity contribution in [3.05, 3.63) is 29.8 Å². The van der Waals surface area contributed by atoms with Gasteiger partial charge in [-0.15, -0.1) is 0 Å². The fourth-order valence-electron chi connectivity index (χ4n) is 3.69. The van der Waals surface area contributed by atoms with Crippen molar-refractivity contribution < 1.29 is 14.4 Å². The summed E-state index contributed by atoms with van der Waals surface area (Å²) in [6.07, 6.45) is 7.79. The maximum Gasteiger partial charge on any atom is 0.322 e. The number of hydrogen-bond acceptors (Lipinski definition) is 3. The van der Waals surface area contributed by atoms with Crippen molar-refractivity contribution in [3.8, 4) is 0 Å². The van der Waals surface area contributed by atoms with Crippen LogP contribution in [0.2, 0.25) is 0 Å². The summed E-state index contributed by atoms with van der Waals surface area (Å²) >= 11 is 0. The lowest BCUT2D eigenvalue weighted by molar-refractivity contribution is -0.123. The summed E-state index contributed by atoms with van der Waals surface area (Å²) in [6.45, 7) is 1.65. The first-order valence-corrected chi connectivity index (χ1v) is 9.01. The Labute approximate surface area is 147 Å². The summed E-state index contributed by atoms with van der Waals surface area (Å²) < 4.78 is 0. The van der Waals surface area contributed by atoms with Gasteiger partial charge in [-0.25, -0.2) is 4.79 Å². The van der Waals surface area contributed by atoms with E-state index >= 15 is 0 Å². The number of carbonyl (C=O) groups excluding carboxylic acids is 3. The molecule has 3 rings (SSSR count). The third kappa shape index (κ3) is 4.00. The Morgan fingerprint density at radius 1 is 1.24 bits per heavy atom. The molecule has 1 saturated carbocycles. The second kappa shape index (κ2) is 7.25. The molecule has 0 spiro atoms. The zero-order valence-electron chi connectivity index (χ0n) is 14.6. The highest BCUT2D eigenvalue weighted by Gasteiger charge is 2.43. The van der Waals surface area contributed by atoms with E-state index in [4.69, 9.17) is 0 Å². The van der Waals surface area contributed by atoms with Crippen molar-refractivity contribution in [2.75, 3.05) is 5.32 Å². The summed E-state index contributed by atoms with van der Waals surface area (Å²) in [5.74, 6) is 0.271. The minimum absolute atomic E-state index is 0.00668. The second-order valence-electron chi connectivity index (χ2n) is 7.20. The highest BCUT2D eigenvalue weighted by Crippen LogP contribution is 2.28. The van der Waals surface area contributed by atoms with Crippen LogP contribution in [-0.2, 0) is 15.1 Å².